The van der Waals surface area contributed by atoms with Gasteiger partial charge in [-0.3, -0.25) is 0 Å². The van der Waals surface area contributed by atoms with Gasteiger partial charge in [0.05, 0.1) is 23.6 Å². The van der Waals surface area contributed by atoms with Gasteiger partial charge in [0.1, 0.15) is 17.6 Å². The number of nitriles is 1. The summed E-state index contributed by atoms with van der Waals surface area (Å²) in [7, 11) is -0.500. The van der Waals surface area contributed by atoms with Gasteiger partial charge in [0.15, 0.2) is 0 Å². The molecule has 8 heteroatoms. The highest BCUT2D eigenvalue weighted by molar-refractivity contribution is 7.89. The Balaban J connectivity index is 2.03. The minimum absolute atomic E-state index is 0.0728. The molecule has 7 nitrogen and oxygen atoms in total. The number of ether oxygens (including phenoxy) is 1. The highest BCUT2D eigenvalue weighted by Crippen LogP contribution is 2.26. The Morgan fingerprint density at radius 3 is 2.56 bits per heavy atom. The molecule has 0 fully saturated rings. The number of hydrogen-bond donors (Lipinski definition) is 1. The first kappa shape index (κ1) is 18.6. The van der Waals surface area contributed by atoms with Crippen molar-refractivity contribution >= 4 is 10.0 Å². The fraction of sp³-hybridized carbons (Fsp3) is 0.158. The summed E-state index contributed by atoms with van der Waals surface area (Å²) in [4.78, 5) is 4.38. The molecule has 0 spiro atoms. The Labute approximate surface area is 157 Å². The summed E-state index contributed by atoms with van der Waals surface area (Å²) in [6.07, 6.45) is 3.36. The number of hydrogen-bond acceptors (Lipinski definition) is 5. The van der Waals surface area contributed by atoms with Gasteiger partial charge in [-0.05, 0) is 42.0 Å². The van der Waals surface area contributed by atoms with Crippen molar-refractivity contribution in [2.75, 3.05) is 7.11 Å². The van der Waals surface area contributed by atoms with E-state index in [0.29, 0.717) is 22.7 Å². The second kappa shape index (κ2) is 7.61. The van der Waals surface area contributed by atoms with E-state index < -0.39 is 16.1 Å². The minimum Gasteiger partial charge on any atom is -0.497 e. The van der Waals surface area contributed by atoms with Crippen molar-refractivity contribution in [2.45, 2.75) is 10.9 Å². The standard InChI is InChI=1S/C19H18N4O3S/c1-23-11-10-21-19(23)18(15-4-3-5-16(12-15)26-2)22-27(24,25)17-8-6-14(13-20)7-9-17/h3-12,18,22H,1-2H3. The lowest BCUT2D eigenvalue weighted by molar-refractivity contribution is 0.413. The summed E-state index contributed by atoms with van der Waals surface area (Å²) in [5.74, 6) is 1.16. The van der Waals surface area contributed by atoms with Crippen molar-refractivity contribution in [1.29, 1.82) is 5.26 Å². The Morgan fingerprint density at radius 1 is 1.22 bits per heavy atom. The molecular formula is C19H18N4O3S. The smallest absolute Gasteiger partial charge is 0.241 e. The van der Waals surface area contributed by atoms with Crippen LogP contribution in [0.2, 0.25) is 0 Å². The predicted molar refractivity (Wildman–Crippen MR) is 99.5 cm³/mol. The number of methoxy groups -OCH3 is 1. The maximum Gasteiger partial charge on any atom is 0.241 e. The number of nitrogens with one attached hydrogen (secondary N) is 1. The summed E-state index contributed by atoms with van der Waals surface area (Å²) < 4.78 is 35.6. The Kier molecular flexibility index (Phi) is 5.26. The first-order valence-corrected chi connectivity index (χ1v) is 9.56. The van der Waals surface area contributed by atoms with Crippen LogP contribution in [0.15, 0.2) is 65.8 Å². The third-order valence-corrected chi connectivity index (χ3v) is 5.55. The number of rotatable bonds is 6. The van der Waals surface area contributed by atoms with Crippen LogP contribution in [0, 0.1) is 11.3 Å². The summed E-state index contributed by atoms with van der Waals surface area (Å²) in [5, 5.41) is 8.89. The summed E-state index contributed by atoms with van der Waals surface area (Å²) >= 11 is 0. The van der Waals surface area contributed by atoms with Crippen molar-refractivity contribution in [2.24, 2.45) is 7.05 Å². The molecule has 1 atom stereocenters. The van der Waals surface area contributed by atoms with Gasteiger partial charge in [-0.15, -0.1) is 0 Å². The number of aryl methyl sites for hydroxylation is 1. The van der Waals surface area contributed by atoms with E-state index in [1.54, 1.807) is 49.3 Å². The van der Waals surface area contributed by atoms with E-state index in [4.69, 9.17) is 10.00 Å². The molecule has 0 bridgehead atoms. The van der Waals surface area contributed by atoms with Crippen LogP contribution in [0.5, 0.6) is 5.75 Å². The molecule has 1 unspecified atom stereocenters. The number of imidazole rings is 1. The second-order valence-electron chi connectivity index (χ2n) is 5.86. The molecule has 0 aliphatic heterocycles. The molecule has 0 radical (unpaired) electrons. The van der Waals surface area contributed by atoms with Crippen molar-refractivity contribution in [3.05, 3.63) is 77.9 Å². The van der Waals surface area contributed by atoms with Crippen LogP contribution in [0.4, 0.5) is 0 Å². The molecular weight excluding hydrogens is 364 g/mol. The third-order valence-electron chi connectivity index (χ3n) is 4.11. The first-order valence-electron chi connectivity index (χ1n) is 8.08. The van der Waals surface area contributed by atoms with E-state index >= 15 is 0 Å². The monoisotopic (exact) mass is 382 g/mol. The molecule has 0 saturated carbocycles. The van der Waals surface area contributed by atoms with Crippen LogP contribution < -0.4 is 9.46 Å². The van der Waals surface area contributed by atoms with Gasteiger partial charge in [0.25, 0.3) is 0 Å². The lowest BCUT2D eigenvalue weighted by Crippen LogP contribution is -2.31. The molecule has 0 saturated heterocycles. The zero-order chi connectivity index (χ0) is 19.4. The minimum atomic E-state index is -3.85. The van der Waals surface area contributed by atoms with E-state index in [0.717, 1.165) is 0 Å². The maximum atomic E-state index is 12.9. The average Bonchev–Trinajstić information content (AvgIpc) is 3.12. The molecule has 138 valence electrons. The quantitative estimate of drug-likeness (QED) is 0.706. The molecule has 2 aromatic carbocycles. The largest absolute Gasteiger partial charge is 0.497 e. The average molecular weight is 382 g/mol. The fourth-order valence-electron chi connectivity index (χ4n) is 2.68. The number of benzene rings is 2. The molecule has 3 rings (SSSR count). The van der Waals surface area contributed by atoms with Crippen LogP contribution >= 0.6 is 0 Å². The zero-order valence-corrected chi connectivity index (χ0v) is 15.6. The van der Waals surface area contributed by atoms with E-state index in [9.17, 15) is 8.42 Å². The summed E-state index contributed by atoms with van der Waals surface area (Å²) in [6, 6.07) is 14.2. The molecule has 1 N–H and O–H groups in total. The molecule has 27 heavy (non-hydrogen) atoms. The van der Waals surface area contributed by atoms with Crippen molar-refractivity contribution in [3.63, 3.8) is 0 Å². The molecule has 0 aliphatic rings. The van der Waals surface area contributed by atoms with Gasteiger partial charge in [-0.25, -0.2) is 13.4 Å². The number of sulfonamides is 1. The zero-order valence-electron chi connectivity index (χ0n) is 14.8. The highest BCUT2D eigenvalue weighted by atomic mass is 32.2. The normalized spacial score (nSPS) is 12.3. The highest BCUT2D eigenvalue weighted by Gasteiger charge is 2.26. The van der Waals surface area contributed by atoms with E-state index in [-0.39, 0.29) is 4.90 Å². The van der Waals surface area contributed by atoms with Gasteiger partial charge < -0.3 is 9.30 Å². The van der Waals surface area contributed by atoms with Crippen LogP contribution in [-0.4, -0.2) is 25.1 Å². The number of nitrogens with zero attached hydrogens (tertiary/aromatic N) is 3. The van der Waals surface area contributed by atoms with Gasteiger partial charge >= 0.3 is 0 Å². The van der Waals surface area contributed by atoms with E-state index in [1.807, 2.05) is 12.1 Å². The molecule has 1 aromatic heterocycles. The van der Waals surface area contributed by atoms with E-state index in [1.165, 1.54) is 24.3 Å². The molecule has 0 amide bonds. The van der Waals surface area contributed by atoms with Crippen molar-refractivity contribution < 1.29 is 13.2 Å². The Bertz CT molecular complexity index is 1080. The van der Waals surface area contributed by atoms with Crippen molar-refractivity contribution in [1.82, 2.24) is 14.3 Å². The molecule has 1 heterocycles. The second-order valence-corrected chi connectivity index (χ2v) is 7.58. The Hall–Kier alpha value is -3.15. The van der Waals surface area contributed by atoms with Gasteiger partial charge in [-0.2, -0.15) is 9.98 Å². The summed E-state index contributed by atoms with van der Waals surface area (Å²) in [6.45, 7) is 0. The van der Waals surface area contributed by atoms with Crippen LogP contribution in [-0.2, 0) is 17.1 Å². The van der Waals surface area contributed by atoms with Crippen LogP contribution in [0.3, 0.4) is 0 Å². The van der Waals surface area contributed by atoms with Crippen LogP contribution in [0.25, 0.3) is 0 Å². The molecule has 0 aliphatic carbocycles. The predicted octanol–water partition coefficient (Wildman–Crippen LogP) is 2.37. The SMILES string of the molecule is COc1cccc(C(NS(=O)(=O)c2ccc(C#N)cc2)c2nccn2C)c1. The van der Waals surface area contributed by atoms with E-state index in [2.05, 4.69) is 9.71 Å². The first-order chi connectivity index (χ1) is 12.9. The molecule has 3 aromatic rings. The van der Waals surface area contributed by atoms with Gasteiger partial charge in [0.2, 0.25) is 10.0 Å². The van der Waals surface area contributed by atoms with Crippen LogP contribution in [0.1, 0.15) is 23.0 Å². The summed E-state index contributed by atoms with van der Waals surface area (Å²) in [5.41, 5.74) is 1.09. The lowest BCUT2D eigenvalue weighted by atomic mass is 10.1. The third kappa shape index (κ3) is 4.00. The maximum absolute atomic E-state index is 12.9. The fourth-order valence-corrected chi connectivity index (χ4v) is 3.86. The topological polar surface area (TPSA) is 97.0 Å². The Morgan fingerprint density at radius 2 is 1.96 bits per heavy atom. The number of aromatic nitrogens is 2. The van der Waals surface area contributed by atoms with Gasteiger partial charge in [-0.1, -0.05) is 12.1 Å². The lowest BCUT2D eigenvalue weighted by Gasteiger charge is -2.20. The van der Waals surface area contributed by atoms with Gasteiger partial charge in [0, 0.05) is 19.4 Å². The van der Waals surface area contributed by atoms with Crippen molar-refractivity contribution in [3.8, 4) is 11.8 Å².